The molecule has 8 heteroatoms. The maximum atomic E-state index is 12.4. The zero-order chi connectivity index (χ0) is 18.4. The summed E-state index contributed by atoms with van der Waals surface area (Å²) in [6.45, 7) is 3.89. The number of hydrogen-bond acceptors (Lipinski definition) is 5. The lowest BCUT2D eigenvalue weighted by Gasteiger charge is -2.33. The highest BCUT2D eigenvalue weighted by Gasteiger charge is 2.23. The Morgan fingerprint density at radius 3 is 2.92 bits per heavy atom. The standard InChI is InChI=1S/C18H22ClN5O2/c1-2-26-16-14(19)7-3-8-15(16)23-18(25)22-13-6-4-11-24(12-13)17-20-9-5-10-21-17/h3,5,7-10,13H,2,4,6,11-12H2,1H3,(H2,22,23,25). The van der Waals surface area contributed by atoms with E-state index >= 15 is 0 Å². The van der Waals surface area contributed by atoms with Gasteiger partial charge in [0.05, 0.1) is 17.3 Å². The molecule has 1 aliphatic heterocycles. The van der Waals surface area contributed by atoms with Gasteiger partial charge in [-0.2, -0.15) is 0 Å². The van der Waals surface area contributed by atoms with Crippen LogP contribution in [0.1, 0.15) is 19.8 Å². The second-order valence-corrected chi connectivity index (χ2v) is 6.39. The Hall–Kier alpha value is -2.54. The molecule has 26 heavy (non-hydrogen) atoms. The van der Waals surface area contributed by atoms with E-state index in [2.05, 4.69) is 25.5 Å². The van der Waals surface area contributed by atoms with Crippen molar-refractivity contribution in [1.29, 1.82) is 0 Å². The van der Waals surface area contributed by atoms with Crippen molar-refractivity contribution in [3.8, 4) is 5.75 Å². The number of para-hydroxylation sites is 1. The van der Waals surface area contributed by atoms with E-state index in [1.807, 2.05) is 6.92 Å². The number of anilines is 2. The van der Waals surface area contributed by atoms with Crippen LogP contribution in [0.3, 0.4) is 0 Å². The summed E-state index contributed by atoms with van der Waals surface area (Å²) in [5, 5.41) is 6.31. The Morgan fingerprint density at radius 2 is 2.15 bits per heavy atom. The average Bonchev–Trinajstić information content (AvgIpc) is 2.65. The highest BCUT2D eigenvalue weighted by molar-refractivity contribution is 6.32. The lowest BCUT2D eigenvalue weighted by molar-refractivity contribution is 0.246. The Balaban J connectivity index is 1.61. The van der Waals surface area contributed by atoms with Gasteiger partial charge in [0, 0.05) is 31.5 Å². The molecule has 2 heterocycles. The van der Waals surface area contributed by atoms with Gasteiger partial charge in [0.1, 0.15) is 0 Å². The number of nitrogens with zero attached hydrogens (tertiary/aromatic N) is 3. The first-order valence-electron chi connectivity index (χ1n) is 8.68. The molecule has 1 atom stereocenters. The number of rotatable bonds is 5. The topological polar surface area (TPSA) is 79.4 Å². The maximum absolute atomic E-state index is 12.4. The van der Waals surface area contributed by atoms with Crippen LogP contribution in [0.2, 0.25) is 5.02 Å². The van der Waals surface area contributed by atoms with Crippen LogP contribution in [0.4, 0.5) is 16.4 Å². The molecule has 0 radical (unpaired) electrons. The monoisotopic (exact) mass is 375 g/mol. The van der Waals surface area contributed by atoms with E-state index in [9.17, 15) is 4.79 Å². The Bertz CT molecular complexity index is 744. The number of halogens is 1. The number of carbonyl (C=O) groups excluding carboxylic acids is 1. The van der Waals surface area contributed by atoms with Crippen molar-refractivity contribution in [2.45, 2.75) is 25.8 Å². The van der Waals surface area contributed by atoms with Crippen molar-refractivity contribution in [1.82, 2.24) is 15.3 Å². The van der Waals surface area contributed by atoms with Crippen LogP contribution in [0.5, 0.6) is 5.75 Å². The van der Waals surface area contributed by atoms with Crippen molar-refractivity contribution in [3.63, 3.8) is 0 Å². The lowest BCUT2D eigenvalue weighted by atomic mass is 10.1. The molecule has 0 bridgehead atoms. The molecule has 1 fully saturated rings. The molecule has 2 aromatic rings. The SMILES string of the molecule is CCOc1c(Cl)cccc1NC(=O)NC1CCCN(c2ncccn2)C1. The molecule has 7 nitrogen and oxygen atoms in total. The lowest BCUT2D eigenvalue weighted by Crippen LogP contribution is -2.49. The van der Waals surface area contributed by atoms with Gasteiger partial charge in [-0.05, 0) is 38.0 Å². The number of aromatic nitrogens is 2. The molecular weight excluding hydrogens is 354 g/mol. The zero-order valence-electron chi connectivity index (χ0n) is 14.6. The molecule has 138 valence electrons. The van der Waals surface area contributed by atoms with E-state index < -0.39 is 0 Å². The van der Waals surface area contributed by atoms with E-state index in [0.29, 0.717) is 35.6 Å². The Kier molecular flexibility index (Phi) is 6.12. The van der Waals surface area contributed by atoms with Gasteiger partial charge >= 0.3 is 6.03 Å². The van der Waals surface area contributed by atoms with E-state index in [-0.39, 0.29) is 12.1 Å². The number of amides is 2. The van der Waals surface area contributed by atoms with Gasteiger partial charge in [0.15, 0.2) is 5.75 Å². The van der Waals surface area contributed by atoms with Crippen LogP contribution >= 0.6 is 11.6 Å². The third kappa shape index (κ3) is 4.54. The molecule has 1 unspecified atom stereocenters. The Morgan fingerprint density at radius 1 is 1.35 bits per heavy atom. The molecule has 1 saturated heterocycles. The van der Waals surface area contributed by atoms with Crippen LogP contribution in [-0.2, 0) is 0 Å². The van der Waals surface area contributed by atoms with Gasteiger partial charge in [-0.3, -0.25) is 0 Å². The molecule has 0 saturated carbocycles. The van der Waals surface area contributed by atoms with Crippen molar-refractivity contribution in [2.75, 3.05) is 29.9 Å². The van der Waals surface area contributed by atoms with E-state index in [4.69, 9.17) is 16.3 Å². The number of benzene rings is 1. The van der Waals surface area contributed by atoms with Gasteiger partial charge in [-0.15, -0.1) is 0 Å². The summed E-state index contributed by atoms with van der Waals surface area (Å²) < 4.78 is 5.53. The molecule has 2 amide bonds. The largest absolute Gasteiger partial charge is 0.490 e. The fraction of sp³-hybridized carbons (Fsp3) is 0.389. The van der Waals surface area contributed by atoms with Gasteiger partial charge in [-0.1, -0.05) is 17.7 Å². The molecule has 0 aliphatic carbocycles. The van der Waals surface area contributed by atoms with Gasteiger partial charge in [0.25, 0.3) is 0 Å². The summed E-state index contributed by atoms with van der Waals surface area (Å²) in [6.07, 6.45) is 5.32. The molecular formula is C18H22ClN5O2. The second-order valence-electron chi connectivity index (χ2n) is 5.98. The fourth-order valence-corrected chi connectivity index (χ4v) is 3.20. The summed E-state index contributed by atoms with van der Waals surface area (Å²) in [6, 6.07) is 6.79. The third-order valence-corrected chi connectivity index (χ3v) is 4.39. The van der Waals surface area contributed by atoms with E-state index in [0.717, 1.165) is 19.4 Å². The summed E-state index contributed by atoms with van der Waals surface area (Å²) in [5.41, 5.74) is 0.552. The molecule has 1 aromatic carbocycles. The summed E-state index contributed by atoms with van der Waals surface area (Å²) >= 11 is 6.15. The average molecular weight is 376 g/mol. The van der Waals surface area contributed by atoms with Crippen LogP contribution in [0.25, 0.3) is 0 Å². The highest BCUT2D eigenvalue weighted by atomic mass is 35.5. The second kappa shape index (κ2) is 8.71. The van der Waals surface area contributed by atoms with Crippen molar-refractivity contribution >= 4 is 29.3 Å². The minimum absolute atomic E-state index is 0.0160. The van der Waals surface area contributed by atoms with Crippen LogP contribution in [0.15, 0.2) is 36.7 Å². The first-order valence-corrected chi connectivity index (χ1v) is 9.06. The first-order chi connectivity index (χ1) is 12.7. The Labute approximate surface area is 157 Å². The van der Waals surface area contributed by atoms with E-state index in [1.165, 1.54) is 0 Å². The van der Waals surface area contributed by atoms with Crippen molar-refractivity contribution in [3.05, 3.63) is 41.7 Å². The molecule has 1 aliphatic rings. The molecule has 3 rings (SSSR count). The van der Waals surface area contributed by atoms with Crippen LogP contribution < -0.4 is 20.3 Å². The first kappa shape index (κ1) is 18.3. The number of urea groups is 1. The van der Waals surface area contributed by atoms with Gasteiger partial charge in [-0.25, -0.2) is 14.8 Å². The fourth-order valence-electron chi connectivity index (χ4n) is 2.97. The summed E-state index contributed by atoms with van der Waals surface area (Å²) in [7, 11) is 0. The highest BCUT2D eigenvalue weighted by Crippen LogP contribution is 2.32. The predicted octanol–water partition coefficient (Wildman–Crippen LogP) is 3.32. The third-order valence-electron chi connectivity index (χ3n) is 4.10. The van der Waals surface area contributed by atoms with Crippen LogP contribution in [0, 0.1) is 0 Å². The minimum atomic E-state index is -0.283. The number of piperidine rings is 1. The number of ether oxygens (including phenoxy) is 1. The van der Waals surface area contributed by atoms with Gasteiger partial charge < -0.3 is 20.3 Å². The normalized spacial score (nSPS) is 16.8. The van der Waals surface area contributed by atoms with Crippen molar-refractivity contribution in [2.24, 2.45) is 0 Å². The number of nitrogens with one attached hydrogen (secondary N) is 2. The quantitative estimate of drug-likeness (QED) is 0.838. The minimum Gasteiger partial charge on any atom is -0.490 e. The number of hydrogen-bond donors (Lipinski definition) is 2. The molecule has 2 N–H and O–H groups in total. The predicted molar refractivity (Wildman–Crippen MR) is 102 cm³/mol. The zero-order valence-corrected chi connectivity index (χ0v) is 15.4. The summed E-state index contributed by atoms with van der Waals surface area (Å²) in [4.78, 5) is 23.1. The smallest absolute Gasteiger partial charge is 0.319 e. The van der Waals surface area contributed by atoms with Gasteiger partial charge in [0.2, 0.25) is 5.95 Å². The van der Waals surface area contributed by atoms with Crippen molar-refractivity contribution < 1.29 is 9.53 Å². The molecule has 0 spiro atoms. The molecule has 1 aromatic heterocycles. The summed E-state index contributed by atoms with van der Waals surface area (Å²) in [5.74, 6) is 1.17. The maximum Gasteiger partial charge on any atom is 0.319 e. The van der Waals surface area contributed by atoms with E-state index in [1.54, 1.807) is 36.7 Å². The number of carbonyl (C=O) groups is 1. The van der Waals surface area contributed by atoms with Crippen LogP contribution in [-0.4, -0.2) is 41.7 Å².